The molecule has 1 unspecified atom stereocenters. The van der Waals surface area contributed by atoms with E-state index in [2.05, 4.69) is 88.2 Å². The number of benzene rings is 2. The number of aliphatic imine (C=N–C) groups is 1. The first-order chi connectivity index (χ1) is 13.7. The number of piperidine rings is 1. The molecule has 1 aliphatic rings. The van der Waals surface area contributed by atoms with Crippen molar-refractivity contribution in [1.29, 1.82) is 0 Å². The molecule has 2 aromatic carbocycles. The molecule has 1 fully saturated rings. The van der Waals surface area contributed by atoms with Crippen LogP contribution in [0.15, 0.2) is 65.7 Å². The molecule has 1 heterocycles. The van der Waals surface area contributed by atoms with E-state index in [-0.39, 0.29) is 0 Å². The van der Waals surface area contributed by atoms with E-state index in [0.29, 0.717) is 5.92 Å². The smallest absolute Gasteiger partial charge is 0.191 e. The predicted octanol–water partition coefficient (Wildman–Crippen LogP) is 3.52. The summed E-state index contributed by atoms with van der Waals surface area (Å²) >= 11 is 0. The van der Waals surface area contributed by atoms with Crippen LogP contribution in [0.1, 0.15) is 29.9 Å². The van der Waals surface area contributed by atoms with Gasteiger partial charge in [0.15, 0.2) is 5.96 Å². The van der Waals surface area contributed by atoms with E-state index >= 15 is 0 Å². The summed E-state index contributed by atoms with van der Waals surface area (Å²) in [6.45, 7) is 4.27. The predicted molar refractivity (Wildman–Crippen MR) is 119 cm³/mol. The zero-order chi connectivity index (χ0) is 19.6. The highest BCUT2D eigenvalue weighted by atomic mass is 15.2. The molecule has 2 aromatic rings. The summed E-state index contributed by atoms with van der Waals surface area (Å²) in [5.41, 5.74) is 2.73. The molecule has 150 valence electrons. The zero-order valence-electron chi connectivity index (χ0n) is 17.3. The van der Waals surface area contributed by atoms with Crippen molar-refractivity contribution in [2.75, 3.05) is 40.3 Å². The highest BCUT2D eigenvalue weighted by molar-refractivity contribution is 5.79. The highest BCUT2D eigenvalue weighted by Crippen LogP contribution is 2.20. The van der Waals surface area contributed by atoms with Crippen molar-refractivity contribution in [2.24, 2.45) is 10.9 Å². The Morgan fingerprint density at radius 1 is 1.00 bits per heavy atom. The number of likely N-dealkylation sites (tertiary alicyclic amines) is 1. The molecule has 0 radical (unpaired) electrons. The van der Waals surface area contributed by atoms with Crippen LogP contribution in [-0.4, -0.2) is 51.1 Å². The molecule has 1 aliphatic heterocycles. The molecule has 0 aliphatic carbocycles. The van der Waals surface area contributed by atoms with Crippen LogP contribution < -0.4 is 10.6 Å². The number of nitrogens with zero attached hydrogens (tertiary/aromatic N) is 2. The van der Waals surface area contributed by atoms with Crippen LogP contribution in [0, 0.1) is 5.92 Å². The fourth-order valence-electron chi connectivity index (χ4n) is 3.88. The maximum Gasteiger partial charge on any atom is 0.191 e. The normalized spacial score (nSPS) is 17.3. The standard InChI is InChI=1S/C24H34N4/c1-25-24(26-18-21-13-15-28(2)16-14-21)27-19-23(22-11-7-4-8-12-22)17-20-9-5-3-6-10-20/h3-12,21,23H,13-19H2,1-2H3,(H2,25,26,27). The summed E-state index contributed by atoms with van der Waals surface area (Å²) in [5, 5.41) is 7.11. The van der Waals surface area contributed by atoms with E-state index in [1.807, 2.05) is 7.05 Å². The highest BCUT2D eigenvalue weighted by Gasteiger charge is 2.17. The van der Waals surface area contributed by atoms with Gasteiger partial charge in [0.25, 0.3) is 0 Å². The average Bonchev–Trinajstić information content (AvgIpc) is 2.75. The first-order valence-electron chi connectivity index (χ1n) is 10.5. The second-order valence-electron chi connectivity index (χ2n) is 7.88. The lowest BCUT2D eigenvalue weighted by atomic mass is 9.92. The summed E-state index contributed by atoms with van der Waals surface area (Å²) in [7, 11) is 4.07. The SMILES string of the molecule is CN=C(NCC1CCN(C)CC1)NCC(Cc1ccccc1)c1ccccc1. The third kappa shape index (κ3) is 6.38. The molecular weight excluding hydrogens is 344 g/mol. The van der Waals surface area contributed by atoms with Crippen molar-refractivity contribution in [3.8, 4) is 0 Å². The summed E-state index contributed by atoms with van der Waals surface area (Å²) in [6.07, 6.45) is 3.55. The van der Waals surface area contributed by atoms with Crippen molar-refractivity contribution in [2.45, 2.75) is 25.2 Å². The van der Waals surface area contributed by atoms with Gasteiger partial charge in [0.05, 0.1) is 0 Å². The van der Waals surface area contributed by atoms with Gasteiger partial charge in [-0.3, -0.25) is 4.99 Å². The van der Waals surface area contributed by atoms with Gasteiger partial charge in [-0.15, -0.1) is 0 Å². The van der Waals surface area contributed by atoms with E-state index < -0.39 is 0 Å². The lowest BCUT2D eigenvalue weighted by Gasteiger charge is -2.29. The Hall–Kier alpha value is -2.33. The molecule has 0 amide bonds. The van der Waals surface area contributed by atoms with E-state index in [1.165, 1.54) is 37.1 Å². The molecule has 0 bridgehead atoms. The van der Waals surface area contributed by atoms with Gasteiger partial charge >= 0.3 is 0 Å². The molecule has 2 N–H and O–H groups in total. The number of nitrogens with one attached hydrogen (secondary N) is 2. The summed E-state index contributed by atoms with van der Waals surface area (Å²) < 4.78 is 0. The molecule has 0 spiro atoms. The largest absolute Gasteiger partial charge is 0.356 e. The second kappa shape index (κ2) is 10.9. The fourth-order valence-corrected chi connectivity index (χ4v) is 3.88. The Morgan fingerprint density at radius 3 is 2.29 bits per heavy atom. The number of hydrogen-bond donors (Lipinski definition) is 2. The molecule has 4 nitrogen and oxygen atoms in total. The first-order valence-corrected chi connectivity index (χ1v) is 10.5. The van der Waals surface area contributed by atoms with Crippen LogP contribution in [0.3, 0.4) is 0 Å². The van der Waals surface area contributed by atoms with Crippen LogP contribution >= 0.6 is 0 Å². The number of rotatable bonds is 7. The maximum absolute atomic E-state index is 4.44. The molecule has 3 rings (SSSR count). The topological polar surface area (TPSA) is 39.7 Å². The summed E-state index contributed by atoms with van der Waals surface area (Å²) in [4.78, 5) is 6.86. The van der Waals surface area contributed by atoms with Crippen LogP contribution in [0.4, 0.5) is 0 Å². The third-order valence-corrected chi connectivity index (χ3v) is 5.73. The molecule has 1 saturated heterocycles. The number of guanidine groups is 1. The molecule has 0 aromatic heterocycles. The van der Waals surface area contributed by atoms with Gasteiger partial charge in [0.2, 0.25) is 0 Å². The molecule has 28 heavy (non-hydrogen) atoms. The first kappa shape index (κ1) is 20.4. The molecule has 4 heteroatoms. The fraction of sp³-hybridized carbons (Fsp3) is 0.458. The van der Waals surface area contributed by atoms with Crippen molar-refractivity contribution in [1.82, 2.24) is 15.5 Å². The van der Waals surface area contributed by atoms with E-state index in [4.69, 9.17) is 0 Å². The van der Waals surface area contributed by atoms with Crippen molar-refractivity contribution >= 4 is 5.96 Å². The van der Waals surface area contributed by atoms with Gasteiger partial charge in [-0.1, -0.05) is 60.7 Å². The summed E-state index contributed by atoms with van der Waals surface area (Å²) in [6, 6.07) is 21.5. The molecular formula is C24H34N4. The van der Waals surface area contributed by atoms with Gasteiger partial charge in [-0.2, -0.15) is 0 Å². The Kier molecular flexibility index (Phi) is 7.92. The third-order valence-electron chi connectivity index (χ3n) is 5.73. The van der Waals surface area contributed by atoms with E-state index in [0.717, 1.165) is 31.4 Å². The second-order valence-corrected chi connectivity index (χ2v) is 7.88. The lowest BCUT2D eigenvalue weighted by Crippen LogP contribution is -2.43. The van der Waals surface area contributed by atoms with Crippen LogP contribution in [0.5, 0.6) is 0 Å². The quantitative estimate of drug-likeness (QED) is 0.572. The Balaban J connectivity index is 1.55. The zero-order valence-corrected chi connectivity index (χ0v) is 17.3. The number of hydrogen-bond acceptors (Lipinski definition) is 2. The molecule has 1 atom stereocenters. The van der Waals surface area contributed by atoms with Gasteiger partial charge in [0.1, 0.15) is 0 Å². The minimum atomic E-state index is 0.408. The molecule has 0 saturated carbocycles. The minimum Gasteiger partial charge on any atom is -0.356 e. The van der Waals surface area contributed by atoms with E-state index in [1.54, 1.807) is 0 Å². The Bertz CT molecular complexity index is 706. The Labute approximate surface area is 170 Å². The van der Waals surface area contributed by atoms with Crippen molar-refractivity contribution in [3.63, 3.8) is 0 Å². The van der Waals surface area contributed by atoms with Gasteiger partial charge in [0, 0.05) is 26.1 Å². The van der Waals surface area contributed by atoms with Gasteiger partial charge in [-0.05, 0) is 56.4 Å². The van der Waals surface area contributed by atoms with Crippen LogP contribution in [-0.2, 0) is 6.42 Å². The van der Waals surface area contributed by atoms with Crippen molar-refractivity contribution < 1.29 is 0 Å². The van der Waals surface area contributed by atoms with Crippen molar-refractivity contribution in [3.05, 3.63) is 71.8 Å². The minimum absolute atomic E-state index is 0.408. The summed E-state index contributed by atoms with van der Waals surface area (Å²) in [5.74, 6) is 2.06. The lowest BCUT2D eigenvalue weighted by molar-refractivity contribution is 0.220. The maximum atomic E-state index is 4.44. The van der Waals surface area contributed by atoms with Gasteiger partial charge in [-0.25, -0.2) is 0 Å². The average molecular weight is 379 g/mol. The Morgan fingerprint density at radius 2 is 1.64 bits per heavy atom. The monoisotopic (exact) mass is 378 g/mol. The van der Waals surface area contributed by atoms with Gasteiger partial charge < -0.3 is 15.5 Å². The van der Waals surface area contributed by atoms with Crippen LogP contribution in [0.2, 0.25) is 0 Å². The van der Waals surface area contributed by atoms with E-state index in [9.17, 15) is 0 Å². The van der Waals surface area contributed by atoms with Crippen LogP contribution in [0.25, 0.3) is 0 Å².